The standard InChI is InChI=1S/C10H11Cl.C2H6/c11-7-8-4-5-9-2-1-3-10(9)6-8;1-2/h4-6H,1-3,7H2;1-2H3. The van der Waals surface area contributed by atoms with Crippen LogP contribution in [0, 0.1) is 0 Å². The van der Waals surface area contributed by atoms with Gasteiger partial charge in [0.05, 0.1) is 0 Å². The van der Waals surface area contributed by atoms with Crippen LogP contribution in [0.15, 0.2) is 18.2 Å². The van der Waals surface area contributed by atoms with Gasteiger partial charge in [-0.25, -0.2) is 0 Å². The first-order chi connectivity index (χ1) is 6.40. The third-order valence-electron chi connectivity index (χ3n) is 2.32. The van der Waals surface area contributed by atoms with Gasteiger partial charge < -0.3 is 0 Å². The Hall–Kier alpha value is -0.490. The average molecular weight is 197 g/mol. The molecule has 0 saturated heterocycles. The second-order valence-electron chi connectivity index (χ2n) is 3.09. The summed E-state index contributed by atoms with van der Waals surface area (Å²) in [6.07, 6.45) is 3.83. The Labute approximate surface area is 85.9 Å². The van der Waals surface area contributed by atoms with E-state index >= 15 is 0 Å². The first-order valence-corrected chi connectivity index (χ1v) is 5.60. The van der Waals surface area contributed by atoms with Gasteiger partial charge in [0.2, 0.25) is 0 Å². The Morgan fingerprint density at radius 3 is 2.54 bits per heavy atom. The lowest BCUT2D eigenvalue weighted by molar-refractivity contribution is 0.911. The molecule has 0 bridgehead atoms. The van der Waals surface area contributed by atoms with Crippen molar-refractivity contribution in [3.8, 4) is 0 Å². The zero-order valence-electron chi connectivity index (χ0n) is 8.44. The predicted molar refractivity (Wildman–Crippen MR) is 59.4 cm³/mol. The molecule has 0 radical (unpaired) electrons. The molecule has 0 nitrogen and oxygen atoms in total. The van der Waals surface area contributed by atoms with Gasteiger partial charge >= 0.3 is 0 Å². The summed E-state index contributed by atoms with van der Waals surface area (Å²) in [6.45, 7) is 4.00. The Morgan fingerprint density at radius 2 is 1.85 bits per heavy atom. The van der Waals surface area contributed by atoms with E-state index in [1.54, 1.807) is 0 Å². The van der Waals surface area contributed by atoms with Crippen LogP contribution in [0.3, 0.4) is 0 Å². The van der Waals surface area contributed by atoms with E-state index in [1.807, 2.05) is 13.8 Å². The molecule has 0 amide bonds. The monoisotopic (exact) mass is 196 g/mol. The van der Waals surface area contributed by atoms with Crippen molar-refractivity contribution in [2.45, 2.75) is 39.0 Å². The zero-order valence-corrected chi connectivity index (χ0v) is 9.19. The zero-order chi connectivity index (χ0) is 9.68. The van der Waals surface area contributed by atoms with Crippen molar-refractivity contribution in [1.29, 1.82) is 0 Å². The van der Waals surface area contributed by atoms with Crippen molar-refractivity contribution in [3.05, 3.63) is 34.9 Å². The fourth-order valence-corrected chi connectivity index (χ4v) is 1.87. The number of rotatable bonds is 1. The highest BCUT2D eigenvalue weighted by atomic mass is 35.5. The Kier molecular flexibility index (Phi) is 4.31. The van der Waals surface area contributed by atoms with Gasteiger partial charge in [0.1, 0.15) is 0 Å². The van der Waals surface area contributed by atoms with Gasteiger partial charge in [-0.15, -0.1) is 11.6 Å². The molecule has 0 aliphatic heterocycles. The summed E-state index contributed by atoms with van der Waals surface area (Å²) in [7, 11) is 0. The molecular weight excluding hydrogens is 180 g/mol. The lowest BCUT2D eigenvalue weighted by Crippen LogP contribution is -1.84. The van der Waals surface area contributed by atoms with Gasteiger partial charge in [-0.2, -0.15) is 0 Å². The van der Waals surface area contributed by atoms with Crippen molar-refractivity contribution in [2.24, 2.45) is 0 Å². The summed E-state index contributed by atoms with van der Waals surface area (Å²) < 4.78 is 0. The van der Waals surface area contributed by atoms with E-state index in [1.165, 1.54) is 36.0 Å². The van der Waals surface area contributed by atoms with E-state index in [0.29, 0.717) is 5.88 Å². The molecular formula is C12H17Cl. The molecule has 72 valence electrons. The molecule has 2 rings (SSSR count). The quantitative estimate of drug-likeness (QED) is 0.597. The highest BCUT2D eigenvalue weighted by Crippen LogP contribution is 2.23. The lowest BCUT2D eigenvalue weighted by Gasteiger charge is -2.00. The number of alkyl halides is 1. The predicted octanol–water partition coefficient (Wildman–Crippen LogP) is 3.94. The Bertz CT molecular complexity index is 266. The lowest BCUT2D eigenvalue weighted by atomic mass is 10.1. The van der Waals surface area contributed by atoms with Gasteiger partial charge in [-0.1, -0.05) is 32.0 Å². The number of hydrogen-bond donors (Lipinski definition) is 0. The molecule has 13 heavy (non-hydrogen) atoms. The maximum Gasteiger partial charge on any atom is 0.0474 e. The van der Waals surface area contributed by atoms with Gasteiger partial charge in [-0.3, -0.25) is 0 Å². The Balaban J connectivity index is 0.000000396. The normalized spacial score (nSPS) is 13.2. The third-order valence-corrected chi connectivity index (χ3v) is 2.63. The molecule has 0 saturated carbocycles. The maximum atomic E-state index is 5.73. The summed E-state index contributed by atoms with van der Waals surface area (Å²) in [5.41, 5.74) is 4.30. The van der Waals surface area contributed by atoms with Crippen LogP contribution in [0.25, 0.3) is 0 Å². The van der Waals surface area contributed by atoms with Gasteiger partial charge in [0.25, 0.3) is 0 Å². The van der Waals surface area contributed by atoms with E-state index in [0.717, 1.165) is 0 Å². The van der Waals surface area contributed by atoms with Crippen molar-refractivity contribution >= 4 is 11.6 Å². The van der Waals surface area contributed by atoms with E-state index in [9.17, 15) is 0 Å². The largest absolute Gasteiger partial charge is 0.122 e. The summed E-state index contributed by atoms with van der Waals surface area (Å²) in [6, 6.07) is 6.60. The van der Waals surface area contributed by atoms with Gasteiger partial charge in [0.15, 0.2) is 0 Å². The van der Waals surface area contributed by atoms with Crippen LogP contribution in [0.5, 0.6) is 0 Å². The molecule has 1 aliphatic carbocycles. The van der Waals surface area contributed by atoms with Gasteiger partial charge in [-0.05, 0) is 36.0 Å². The molecule has 1 aliphatic rings. The van der Waals surface area contributed by atoms with Gasteiger partial charge in [0, 0.05) is 5.88 Å². The smallest absolute Gasteiger partial charge is 0.0474 e. The Morgan fingerprint density at radius 1 is 1.15 bits per heavy atom. The first kappa shape index (κ1) is 10.6. The van der Waals surface area contributed by atoms with E-state index < -0.39 is 0 Å². The van der Waals surface area contributed by atoms with Crippen LogP contribution in [-0.4, -0.2) is 0 Å². The van der Waals surface area contributed by atoms with Crippen molar-refractivity contribution in [2.75, 3.05) is 0 Å². The molecule has 0 fully saturated rings. The molecule has 0 N–H and O–H groups in total. The minimum atomic E-state index is 0.646. The second-order valence-corrected chi connectivity index (χ2v) is 3.36. The number of hydrogen-bond acceptors (Lipinski definition) is 0. The van der Waals surface area contributed by atoms with Crippen LogP contribution >= 0.6 is 11.6 Å². The summed E-state index contributed by atoms with van der Waals surface area (Å²) in [5.74, 6) is 0.646. The van der Waals surface area contributed by atoms with Crippen LogP contribution in [0.2, 0.25) is 0 Å². The summed E-state index contributed by atoms with van der Waals surface area (Å²) in [4.78, 5) is 0. The SMILES string of the molecule is CC.ClCc1ccc2c(c1)CCC2. The average Bonchev–Trinajstić information content (AvgIpc) is 2.67. The fourth-order valence-electron chi connectivity index (χ4n) is 1.71. The second kappa shape index (κ2) is 5.29. The molecule has 0 atom stereocenters. The minimum absolute atomic E-state index is 0.646. The highest BCUT2D eigenvalue weighted by Gasteiger charge is 2.09. The van der Waals surface area contributed by atoms with Crippen molar-refractivity contribution < 1.29 is 0 Å². The molecule has 0 aromatic heterocycles. The van der Waals surface area contributed by atoms with Crippen LogP contribution < -0.4 is 0 Å². The van der Waals surface area contributed by atoms with Crippen LogP contribution in [0.4, 0.5) is 0 Å². The number of benzene rings is 1. The van der Waals surface area contributed by atoms with Crippen LogP contribution in [-0.2, 0) is 18.7 Å². The van der Waals surface area contributed by atoms with Crippen molar-refractivity contribution in [1.82, 2.24) is 0 Å². The van der Waals surface area contributed by atoms with E-state index in [-0.39, 0.29) is 0 Å². The highest BCUT2D eigenvalue weighted by molar-refractivity contribution is 6.17. The van der Waals surface area contributed by atoms with Crippen molar-refractivity contribution in [3.63, 3.8) is 0 Å². The van der Waals surface area contributed by atoms with Crippen LogP contribution in [0.1, 0.15) is 37.0 Å². The van der Waals surface area contributed by atoms with E-state index in [4.69, 9.17) is 11.6 Å². The molecule has 0 spiro atoms. The van der Waals surface area contributed by atoms with E-state index in [2.05, 4.69) is 18.2 Å². The number of halogens is 1. The maximum absolute atomic E-state index is 5.73. The topological polar surface area (TPSA) is 0 Å². The number of aryl methyl sites for hydroxylation is 2. The number of fused-ring (bicyclic) bond motifs is 1. The summed E-state index contributed by atoms with van der Waals surface area (Å²) in [5, 5.41) is 0. The molecule has 1 aromatic carbocycles. The molecule has 1 aromatic rings. The fraction of sp³-hybridized carbons (Fsp3) is 0.500. The molecule has 1 heteroatoms. The molecule has 0 heterocycles. The minimum Gasteiger partial charge on any atom is -0.122 e. The first-order valence-electron chi connectivity index (χ1n) is 5.07. The molecule has 0 unspecified atom stereocenters. The third kappa shape index (κ3) is 2.47. The summed E-state index contributed by atoms with van der Waals surface area (Å²) >= 11 is 5.73.